The fourth-order valence-electron chi connectivity index (χ4n) is 1.33. The van der Waals surface area contributed by atoms with Crippen molar-refractivity contribution in [3.05, 3.63) is 24.3 Å². The summed E-state index contributed by atoms with van der Waals surface area (Å²) in [5.41, 5.74) is 6.86. The van der Waals surface area contributed by atoms with Gasteiger partial charge in [-0.05, 0) is 24.3 Å². The number of carbonyl (C=O) groups excluding carboxylic acids is 2. The zero-order valence-electron chi connectivity index (χ0n) is 10.4. The Morgan fingerprint density at radius 3 is 2.17 bits per heavy atom. The third-order valence-electron chi connectivity index (χ3n) is 2.16. The molecular weight excluding hydrogens is 234 g/mol. The van der Waals surface area contributed by atoms with Crippen molar-refractivity contribution in [1.82, 2.24) is 0 Å². The number of ether oxygens (including phenoxy) is 1. The zero-order valence-corrected chi connectivity index (χ0v) is 10.4. The second-order valence-electron chi connectivity index (χ2n) is 3.81. The number of nitrogens with two attached hydrogens (primary N) is 1. The summed E-state index contributed by atoms with van der Waals surface area (Å²) in [5, 5.41) is 5.28. The van der Waals surface area contributed by atoms with Crippen LogP contribution in [0.3, 0.4) is 0 Å². The van der Waals surface area contributed by atoms with E-state index in [1.54, 1.807) is 24.3 Å². The normalized spacial score (nSPS) is 11.7. The van der Waals surface area contributed by atoms with Crippen molar-refractivity contribution < 1.29 is 14.3 Å². The van der Waals surface area contributed by atoms with E-state index in [1.165, 1.54) is 14.0 Å². The van der Waals surface area contributed by atoms with Gasteiger partial charge in [-0.1, -0.05) is 0 Å². The molecule has 1 rings (SSSR count). The number of anilines is 2. The van der Waals surface area contributed by atoms with Crippen LogP contribution >= 0.6 is 0 Å². The average molecular weight is 251 g/mol. The Labute approximate surface area is 105 Å². The first-order valence-electron chi connectivity index (χ1n) is 5.46. The number of rotatable bonds is 5. The van der Waals surface area contributed by atoms with Gasteiger partial charge in [-0.15, -0.1) is 0 Å². The van der Waals surface area contributed by atoms with Gasteiger partial charge in [0, 0.05) is 25.4 Å². The molecule has 0 fully saturated rings. The molecule has 1 unspecified atom stereocenters. The van der Waals surface area contributed by atoms with Crippen LogP contribution in [0.2, 0.25) is 0 Å². The molecule has 0 aliphatic heterocycles. The van der Waals surface area contributed by atoms with Crippen molar-refractivity contribution in [3.63, 3.8) is 0 Å². The lowest BCUT2D eigenvalue weighted by Gasteiger charge is -2.11. The summed E-state index contributed by atoms with van der Waals surface area (Å²) in [4.78, 5) is 22.4. The second-order valence-corrected chi connectivity index (χ2v) is 3.81. The van der Waals surface area contributed by atoms with Crippen LogP contribution in [0.1, 0.15) is 6.92 Å². The number of carbonyl (C=O) groups is 2. The Morgan fingerprint density at radius 1 is 1.22 bits per heavy atom. The van der Waals surface area contributed by atoms with Gasteiger partial charge >= 0.3 is 0 Å². The van der Waals surface area contributed by atoms with E-state index in [-0.39, 0.29) is 18.4 Å². The molecule has 0 heterocycles. The van der Waals surface area contributed by atoms with Crippen molar-refractivity contribution in [2.24, 2.45) is 5.73 Å². The summed E-state index contributed by atoms with van der Waals surface area (Å²) in [6.45, 7) is 1.59. The first kappa shape index (κ1) is 14.1. The molecule has 2 amide bonds. The minimum atomic E-state index is -0.704. The van der Waals surface area contributed by atoms with Gasteiger partial charge < -0.3 is 21.1 Å². The van der Waals surface area contributed by atoms with Gasteiger partial charge in [0.25, 0.3) is 0 Å². The van der Waals surface area contributed by atoms with Crippen LogP contribution in [0, 0.1) is 0 Å². The zero-order chi connectivity index (χ0) is 13.5. The molecule has 0 aromatic heterocycles. The van der Waals surface area contributed by atoms with Crippen molar-refractivity contribution in [3.8, 4) is 0 Å². The number of hydrogen-bond donors (Lipinski definition) is 3. The van der Waals surface area contributed by atoms with E-state index in [1.807, 2.05) is 0 Å². The predicted molar refractivity (Wildman–Crippen MR) is 69.2 cm³/mol. The highest BCUT2D eigenvalue weighted by atomic mass is 16.5. The maximum Gasteiger partial charge on any atom is 0.243 e. The smallest absolute Gasteiger partial charge is 0.243 e. The quantitative estimate of drug-likeness (QED) is 0.712. The van der Waals surface area contributed by atoms with Gasteiger partial charge in [-0.3, -0.25) is 9.59 Å². The summed E-state index contributed by atoms with van der Waals surface area (Å²) in [5.74, 6) is -0.460. The third kappa shape index (κ3) is 4.52. The van der Waals surface area contributed by atoms with Gasteiger partial charge in [0.1, 0.15) is 6.04 Å². The van der Waals surface area contributed by atoms with E-state index >= 15 is 0 Å². The van der Waals surface area contributed by atoms with Gasteiger partial charge in [0.05, 0.1) is 6.61 Å². The van der Waals surface area contributed by atoms with Crippen molar-refractivity contribution in [2.45, 2.75) is 13.0 Å². The maximum atomic E-state index is 11.6. The van der Waals surface area contributed by atoms with Crippen molar-refractivity contribution >= 4 is 23.2 Å². The van der Waals surface area contributed by atoms with Crippen LogP contribution < -0.4 is 16.4 Å². The molecule has 6 nitrogen and oxygen atoms in total. The lowest BCUT2D eigenvalue weighted by atomic mass is 10.2. The van der Waals surface area contributed by atoms with E-state index in [4.69, 9.17) is 10.5 Å². The van der Waals surface area contributed by atoms with Crippen molar-refractivity contribution in [2.75, 3.05) is 24.4 Å². The molecule has 0 spiro atoms. The van der Waals surface area contributed by atoms with E-state index < -0.39 is 6.04 Å². The number of nitrogens with one attached hydrogen (secondary N) is 2. The van der Waals surface area contributed by atoms with Gasteiger partial charge in [-0.2, -0.15) is 0 Å². The van der Waals surface area contributed by atoms with Gasteiger partial charge in [0.2, 0.25) is 11.8 Å². The molecule has 0 saturated carbocycles. The van der Waals surface area contributed by atoms with E-state index in [0.717, 1.165) is 0 Å². The van der Waals surface area contributed by atoms with Crippen LogP contribution in [0.4, 0.5) is 11.4 Å². The van der Waals surface area contributed by atoms with E-state index in [2.05, 4.69) is 10.6 Å². The van der Waals surface area contributed by atoms with Crippen LogP contribution in [-0.2, 0) is 14.3 Å². The Morgan fingerprint density at radius 2 is 1.72 bits per heavy atom. The van der Waals surface area contributed by atoms with Crippen LogP contribution in [-0.4, -0.2) is 31.6 Å². The van der Waals surface area contributed by atoms with Gasteiger partial charge in [-0.25, -0.2) is 0 Å². The van der Waals surface area contributed by atoms with Crippen LogP contribution in [0.5, 0.6) is 0 Å². The molecule has 6 heteroatoms. The molecule has 0 saturated heterocycles. The molecule has 1 aromatic rings. The molecule has 0 bridgehead atoms. The minimum Gasteiger partial charge on any atom is -0.383 e. The first-order chi connectivity index (χ1) is 8.52. The second kappa shape index (κ2) is 6.73. The van der Waals surface area contributed by atoms with Crippen LogP contribution in [0.15, 0.2) is 24.3 Å². The molecule has 98 valence electrons. The average Bonchev–Trinajstić information content (AvgIpc) is 2.31. The van der Waals surface area contributed by atoms with E-state index in [0.29, 0.717) is 11.4 Å². The number of benzene rings is 1. The first-order valence-corrected chi connectivity index (χ1v) is 5.46. The summed E-state index contributed by atoms with van der Waals surface area (Å²) in [7, 11) is 1.48. The monoisotopic (exact) mass is 251 g/mol. The molecule has 4 N–H and O–H groups in total. The molecule has 0 aliphatic rings. The Hall–Kier alpha value is -1.92. The number of amides is 2. The molecule has 0 radical (unpaired) electrons. The third-order valence-corrected chi connectivity index (χ3v) is 2.16. The fraction of sp³-hybridized carbons (Fsp3) is 0.333. The molecule has 18 heavy (non-hydrogen) atoms. The lowest BCUT2D eigenvalue weighted by molar-refractivity contribution is -0.118. The highest BCUT2D eigenvalue weighted by molar-refractivity contribution is 5.95. The largest absolute Gasteiger partial charge is 0.383 e. The summed E-state index contributed by atoms with van der Waals surface area (Å²) < 4.78 is 4.79. The summed E-state index contributed by atoms with van der Waals surface area (Å²) in [6.07, 6.45) is 0. The highest BCUT2D eigenvalue weighted by Crippen LogP contribution is 2.13. The molecule has 1 aromatic carbocycles. The predicted octanol–water partition coefficient (Wildman–Crippen LogP) is 0.557. The molecule has 1 atom stereocenters. The lowest BCUT2D eigenvalue weighted by Crippen LogP contribution is -2.39. The Kier molecular flexibility index (Phi) is 5.29. The molecule has 0 aliphatic carbocycles. The van der Waals surface area contributed by atoms with Gasteiger partial charge in [0.15, 0.2) is 0 Å². The Balaban J connectivity index is 2.58. The summed E-state index contributed by atoms with van der Waals surface area (Å²) in [6, 6.07) is 6.05. The van der Waals surface area contributed by atoms with Crippen LogP contribution in [0.25, 0.3) is 0 Å². The highest BCUT2D eigenvalue weighted by Gasteiger charge is 2.12. The maximum absolute atomic E-state index is 11.6. The number of hydrogen-bond acceptors (Lipinski definition) is 4. The standard InChI is InChI=1S/C12H17N3O3/c1-8(16)14-9-3-5-10(6-4-9)15-12(17)11(13)7-18-2/h3-6,11H,7,13H2,1-2H3,(H,14,16)(H,15,17). The fourth-order valence-corrected chi connectivity index (χ4v) is 1.33. The number of methoxy groups -OCH3 is 1. The van der Waals surface area contributed by atoms with E-state index in [9.17, 15) is 9.59 Å². The SMILES string of the molecule is COCC(N)C(=O)Nc1ccc(NC(C)=O)cc1. The summed E-state index contributed by atoms with van der Waals surface area (Å²) >= 11 is 0. The van der Waals surface area contributed by atoms with Crippen molar-refractivity contribution in [1.29, 1.82) is 0 Å². The topological polar surface area (TPSA) is 93.4 Å². The Bertz CT molecular complexity index is 417. The molecular formula is C12H17N3O3. The minimum absolute atomic E-state index is 0.145.